The highest BCUT2D eigenvalue weighted by Crippen LogP contribution is 2.31. The Morgan fingerprint density at radius 3 is 2.55 bits per heavy atom. The largest absolute Gasteiger partial charge is 0.488 e. The minimum absolute atomic E-state index is 0.0943. The number of aromatic nitrogens is 1. The molecule has 0 saturated carbocycles. The lowest BCUT2D eigenvalue weighted by atomic mass is 10.1. The lowest BCUT2D eigenvalue weighted by Crippen LogP contribution is -2.47. The van der Waals surface area contributed by atoms with E-state index in [0.717, 1.165) is 92.4 Å². The first kappa shape index (κ1) is 27.0. The van der Waals surface area contributed by atoms with Crippen molar-refractivity contribution in [1.82, 2.24) is 20.1 Å². The van der Waals surface area contributed by atoms with Crippen LogP contribution in [0.4, 0.5) is 4.79 Å². The second kappa shape index (κ2) is 12.1. The number of hydrogen-bond acceptors (Lipinski definition) is 7. The summed E-state index contributed by atoms with van der Waals surface area (Å²) >= 11 is 6.06. The molecule has 0 spiro atoms. The van der Waals surface area contributed by atoms with Gasteiger partial charge in [0.2, 0.25) is 5.88 Å². The molecule has 9 nitrogen and oxygen atoms in total. The molecular formula is C30H35ClN4O5. The average molecular weight is 567 g/mol. The summed E-state index contributed by atoms with van der Waals surface area (Å²) in [5.41, 5.74) is 2.46. The third kappa shape index (κ3) is 6.39. The maximum atomic E-state index is 12.7. The molecule has 0 aliphatic carbocycles. The first-order valence-electron chi connectivity index (χ1n) is 14.0. The number of aliphatic hydroxyl groups excluding tert-OH is 1. The fourth-order valence-electron chi connectivity index (χ4n) is 5.63. The van der Waals surface area contributed by atoms with Crippen molar-refractivity contribution in [3.63, 3.8) is 0 Å². The van der Waals surface area contributed by atoms with Gasteiger partial charge in [0.05, 0.1) is 17.9 Å². The summed E-state index contributed by atoms with van der Waals surface area (Å²) < 4.78 is 17.4. The Kier molecular flexibility index (Phi) is 8.15. The van der Waals surface area contributed by atoms with Gasteiger partial charge in [-0.1, -0.05) is 17.7 Å². The Morgan fingerprint density at radius 1 is 1.02 bits per heavy atom. The molecule has 0 unspecified atom stereocenters. The van der Waals surface area contributed by atoms with Crippen molar-refractivity contribution in [3.05, 3.63) is 59.3 Å². The summed E-state index contributed by atoms with van der Waals surface area (Å²) in [4.78, 5) is 20.7. The lowest BCUT2D eigenvalue weighted by Gasteiger charge is -2.35. The zero-order chi connectivity index (χ0) is 27.5. The number of fused-ring (bicyclic) bond motifs is 2. The minimum atomic E-state index is -0.456. The van der Waals surface area contributed by atoms with Crippen LogP contribution in [-0.2, 0) is 6.61 Å². The molecule has 0 atom stereocenters. The van der Waals surface area contributed by atoms with Crippen LogP contribution in [0.15, 0.2) is 53.1 Å². The molecule has 2 aliphatic rings. The SMILES string of the molecule is O=C(NC1CCN(CCN2CCC(O)CC2)CC1)Oc1cc2c(OCc3coc4cc(Cl)ccc34)cccc2[nH]1. The maximum absolute atomic E-state index is 12.7. The van der Waals surface area contributed by atoms with Crippen LogP contribution in [0.2, 0.25) is 5.02 Å². The molecule has 40 heavy (non-hydrogen) atoms. The molecule has 2 aliphatic heterocycles. The van der Waals surface area contributed by atoms with Crippen LogP contribution in [0.1, 0.15) is 31.2 Å². The van der Waals surface area contributed by atoms with Gasteiger partial charge in [0.15, 0.2) is 0 Å². The number of piperidine rings is 2. The second-order valence-corrected chi connectivity index (χ2v) is 11.2. The number of aliphatic hydroxyl groups is 1. The van der Waals surface area contributed by atoms with Crippen LogP contribution in [0.25, 0.3) is 21.9 Å². The van der Waals surface area contributed by atoms with Crippen molar-refractivity contribution in [2.24, 2.45) is 0 Å². The van der Waals surface area contributed by atoms with Crippen LogP contribution >= 0.6 is 11.6 Å². The van der Waals surface area contributed by atoms with E-state index in [1.54, 1.807) is 18.4 Å². The van der Waals surface area contributed by atoms with Gasteiger partial charge in [-0.05, 0) is 56.0 Å². The molecule has 212 valence electrons. The molecule has 10 heteroatoms. The van der Waals surface area contributed by atoms with E-state index < -0.39 is 6.09 Å². The van der Waals surface area contributed by atoms with Crippen LogP contribution < -0.4 is 14.8 Å². The number of amides is 1. The van der Waals surface area contributed by atoms with E-state index in [1.807, 2.05) is 30.3 Å². The van der Waals surface area contributed by atoms with Gasteiger partial charge >= 0.3 is 6.09 Å². The number of furan rings is 1. The van der Waals surface area contributed by atoms with E-state index in [-0.39, 0.29) is 12.1 Å². The number of ether oxygens (including phenoxy) is 2. The minimum Gasteiger partial charge on any atom is -0.488 e. The molecule has 2 fully saturated rings. The number of carbonyl (C=O) groups is 1. The van der Waals surface area contributed by atoms with Gasteiger partial charge in [-0.2, -0.15) is 0 Å². The summed E-state index contributed by atoms with van der Waals surface area (Å²) in [5, 5.41) is 15.1. The van der Waals surface area contributed by atoms with Crippen LogP contribution in [0, 0.1) is 0 Å². The van der Waals surface area contributed by atoms with Gasteiger partial charge in [0.25, 0.3) is 0 Å². The van der Waals surface area contributed by atoms with Crippen molar-refractivity contribution in [3.8, 4) is 11.6 Å². The Balaban J connectivity index is 0.988. The number of halogens is 1. The maximum Gasteiger partial charge on any atom is 0.414 e. The molecule has 3 N–H and O–H groups in total. The quantitative estimate of drug-likeness (QED) is 0.271. The van der Waals surface area contributed by atoms with Gasteiger partial charge in [-0.15, -0.1) is 0 Å². The standard InChI is InChI=1S/C30H35ClN4O5/c31-21-4-5-24-20(19-39-28(24)16-21)18-38-27-3-1-2-26-25(27)17-29(33-26)40-30(37)32-22-6-10-34(11-7-22)14-15-35-12-8-23(36)9-13-35/h1-5,16-17,19,22-23,33,36H,6-15,18H2,(H,32,37). The van der Waals surface area contributed by atoms with Crippen molar-refractivity contribution >= 4 is 39.6 Å². The van der Waals surface area contributed by atoms with E-state index in [1.165, 1.54) is 0 Å². The predicted molar refractivity (Wildman–Crippen MR) is 154 cm³/mol. The number of nitrogens with one attached hydrogen (secondary N) is 2. The molecule has 0 bridgehead atoms. The fraction of sp³-hybridized carbons (Fsp3) is 0.433. The van der Waals surface area contributed by atoms with Gasteiger partial charge < -0.3 is 39.1 Å². The smallest absolute Gasteiger partial charge is 0.414 e. The number of H-pyrrole nitrogens is 1. The highest BCUT2D eigenvalue weighted by molar-refractivity contribution is 6.31. The van der Waals surface area contributed by atoms with E-state index in [4.69, 9.17) is 25.5 Å². The summed E-state index contributed by atoms with van der Waals surface area (Å²) in [7, 11) is 0. The summed E-state index contributed by atoms with van der Waals surface area (Å²) in [6.45, 7) is 6.24. The van der Waals surface area contributed by atoms with E-state index in [2.05, 4.69) is 20.1 Å². The third-order valence-corrected chi connectivity index (χ3v) is 8.24. The summed E-state index contributed by atoms with van der Waals surface area (Å²) in [5.74, 6) is 1.05. The first-order valence-corrected chi connectivity index (χ1v) is 14.4. The molecule has 6 rings (SSSR count). The third-order valence-electron chi connectivity index (χ3n) is 8.00. The number of benzene rings is 2. The fourth-order valence-corrected chi connectivity index (χ4v) is 5.79. The van der Waals surface area contributed by atoms with Gasteiger partial charge in [0.1, 0.15) is 17.9 Å². The van der Waals surface area contributed by atoms with E-state index >= 15 is 0 Å². The van der Waals surface area contributed by atoms with Gasteiger partial charge in [-0.25, -0.2) is 4.79 Å². The number of aromatic amines is 1. The average Bonchev–Trinajstić information content (AvgIpc) is 3.55. The molecule has 2 aromatic carbocycles. The van der Waals surface area contributed by atoms with Crippen LogP contribution in [0.5, 0.6) is 11.6 Å². The number of likely N-dealkylation sites (tertiary alicyclic amines) is 2. The zero-order valence-electron chi connectivity index (χ0n) is 22.4. The predicted octanol–water partition coefficient (Wildman–Crippen LogP) is 5.16. The normalized spacial score (nSPS) is 17.9. The molecule has 4 heterocycles. The summed E-state index contributed by atoms with van der Waals surface area (Å²) in [6, 6.07) is 13.1. The Labute approximate surface area is 238 Å². The second-order valence-electron chi connectivity index (χ2n) is 10.8. The number of nitrogens with zero attached hydrogens (tertiary/aromatic N) is 2. The number of rotatable bonds is 8. The molecule has 0 radical (unpaired) electrons. The van der Waals surface area contributed by atoms with E-state index in [0.29, 0.717) is 23.3 Å². The Hall–Kier alpha value is -3.24. The summed E-state index contributed by atoms with van der Waals surface area (Å²) in [6.07, 6.45) is 4.63. The topological polar surface area (TPSA) is 103 Å². The number of hydrogen-bond donors (Lipinski definition) is 3. The highest BCUT2D eigenvalue weighted by Gasteiger charge is 2.23. The van der Waals surface area contributed by atoms with E-state index in [9.17, 15) is 9.90 Å². The zero-order valence-corrected chi connectivity index (χ0v) is 23.2. The van der Waals surface area contributed by atoms with Gasteiger partial charge in [0, 0.05) is 72.7 Å². The van der Waals surface area contributed by atoms with Crippen molar-refractivity contribution in [1.29, 1.82) is 0 Å². The van der Waals surface area contributed by atoms with Crippen molar-refractivity contribution < 1.29 is 23.8 Å². The Morgan fingerprint density at radius 2 is 1.77 bits per heavy atom. The van der Waals surface area contributed by atoms with Crippen LogP contribution in [-0.4, -0.2) is 77.4 Å². The Bertz CT molecular complexity index is 1450. The van der Waals surface area contributed by atoms with Crippen LogP contribution in [0.3, 0.4) is 0 Å². The number of carbonyl (C=O) groups excluding carboxylic acids is 1. The molecule has 2 saturated heterocycles. The molecule has 2 aromatic heterocycles. The highest BCUT2D eigenvalue weighted by atomic mass is 35.5. The van der Waals surface area contributed by atoms with Gasteiger partial charge in [-0.3, -0.25) is 0 Å². The molecular weight excluding hydrogens is 532 g/mol. The molecule has 1 amide bonds. The van der Waals surface area contributed by atoms with Crippen molar-refractivity contribution in [2.45, 2.75) is 44.4 Å². The monoisotopic (exact) mass is 566 g/mol. The van der Waals surface area contributed by atoms with Crippen molar-refractivity contribution in [2.75, 3.05) is 39.3 Å². The lowest BCUT2D eigenvalue weighted by molar-refractivity contribution is 0.0739. The molecule has 4 aromatic rings. The first-order chi connectivity index (χ1) is 19.5.